The van der Waals surface area contributed by atoms with Gasteiger partial charge in [0.05, 0.1) is 16.9 Å². The van der Waals surface area contributed by atoms with Gasteiger partial charge in [-0.3, -0.25) is 0 Å². The normalized spacial score (nSPS) is 11.5. The van der Waals surface area contributed by atoms with Gasteiger partial charge in [-0.05, 0) is 40.5 Å². The molecule has 4 heteroatoms. The summed E-state index contributed by atoms with van der Waals surface area (Å²) in [5.41, 5.74) is 14.6. The minimum atomic E-state index is 0.635. The molecule has 7 aromatic carbocycles. The van der Waals surface area contributed by atoms with E-state index in [0.717, 1.165) is 33.5 Å². The predicted molar refractivity (Wildman–Crippen MR) is 208 cm³/mol. The molecule has 0 saturated carbocycles. The Labute approximate surface area is 296 Å². The van der Waals surface area contributed by atoms with Crippen LogP contribution in [0.1, 0.15) is 0 Å². The van der Waals surface area contributed by atoms with Crippen LogP contribution in [0.15, 0.2) is 182 Å². The van der Waals surface area contributed by atoms with E-state index >= 15 is 0 Å². The molecule has 0 spiro atoms. The van der Waals surface area contributed by atoms with E-state index in [1.165, 1.54) is 44.4 Å². The first-order valence-corrected chi connectivity index (χ1v) is 17.2. The maximum absolute atomic E-state index is 5.09. The Morgan fingerprint density at radius 2 is 0.804 bits per heavy atom. The number of hydrogen-bond donors (Lipinski definition) is 0. The maximum atomic E-state index is 5.09. The van der Waals surface area contributed by atoms with Crippen molar-refractivity contribution in [2.45, 2.75) is 0 Å². The van der Waals surface area contributed by atoms with Gasteiger partial charge in [-0.1, -0.05) is 164 Å². The molecule has 0 fully saturated rings. The van der Waals surface area contributed by atoms with Crippen LogP contribution in [0.4, 0.5) is 0 Å². The zero-order valence-electron chi connectivity index (χ0n) is 27.6. The lowest BCUT2D eigenvalue weighted by molar-refractivity contribution is 1.07. The quantitative estimate of drug-likeness (QED) is 0.186. The molecule has 1 aliphatic rings. The number of benzene rings is 7. The third-order valence-corrected chi connectivity index (χ3v) is 9.80. The maximum Gasteiger partial charge on any atom is 0.164 e. The summed E-state index contributed by atoms with van der Waals surface area (Å²) in [5, 5.41) is 1.22. The lowest BCUT2D eigenvalue weighted by Crippen LogP contribution is -2.02. The monoisotopic (exact) mass is 650 g/mol. The number of fused-ring (bicyclic) bond motifs is 5. The van der Waals surface area contributed by atoms with Crippen LogP contribution in [0.5, 0.6) is 0 Å². The van der Waals surface area contributed by atoms with Crippen LogP contribution in [0.2, 0.25) is 0 Å². The summed E-state index contributed by atoms with van der Waals surface area (Å²) in [7, 11) is 0. The van der Waals surface area contributed by atoms with Gasteiger partial charge in [0.25, 0.3) is 0 Å². The average molecular weight is 651 g/mol. The summed E-state index contributed by atoms with van der Waals surface area (Å²) < 4.78 is 2.49. The molecule has 0 bridgehead atoms. The molecule has 10 rings (SSSR count). The third-order valence-electron chi connectivity index (χ3n) is 9.80. The Bertz CT molecular complexity index is 2660. The first-order valence-electron chi connectivity index (χ1n) is 17.2. The van der Waals surface area contributed by atoms with Crippen molar-refractivity contribution in [2.24, 2.45) is 0 Å². The van der Waals surface area contributed by atoms with Gasteiger partial charge >= 0.3 is 0 Å². The van der Waals surface area contributed by atoms with Crippen LogP contribution < -0.4 is 0 Å². The van der Waals surface area contributed by atoms with E-state index < -0.39 is 0 Å². The van der Waals surface area contributed by atoms with Crippen molar-refractivity contribution in [1.82, 2.24) is 19.5 Å². The van der Waals surface area contributed by atoms with Crippen LogP contribution in [0, 0.1) is 0 Å². The predicted octanol–water partition coefficient (Wildman–Crippen LogP) is 11.8. The molecule has 0 unspecified atom stereocenters. The van der Waals surface area contributed by atoms with Crippen molar-refractivity contribution >= 4 is 10.9 Å². The summed E-state index contributed by atoms with van der Waals surface area (Å²) >= 11 is 0. The topological polar surface area (TPSA) is 43.6 Å². The molecule has 0 amide bonds. The summed E-state index contributed by atoms with van der Waals surface area (Å²) in [5.74, 6) is 1.93. The molecule has 4 nitrogen and oxygen atoms in total. The van der Waals surface area contributed by atoms with Gasteiger partial charge in [0, 0.05) is 38.8 Å². The zero-order valence-corrected chi connectivity index (χ0v) is 27.6. The van der Waals surface area contributed by atoms with E-state index in [1.54, 1.807) is 0 Å². The van der Waals surface area contributed by atoms with E-state index in [0.29, 0.717) is 17.5 Å². The van der Waals surface area contributed by atoms with Crippen molar-refractivity contribution in [3.8, 4) is 84.5 Å². The van der Waals surface area contributed by atoms with Gasteiger partial charge in [-0.25, -0.2) is 15.0 Å². The Hall–Kier alpha value is -6.91. The summed E-state index contributed by atoms with van der Waals surface area (Å²) in [6.07, 6.45) is 0. The smallest absolute Gasteiger partial charge is 0.164 e. The Morgan fingerprint density at radius 3 is 1.39 bits per heavy atom. The Morgan fingerprint density at radius 1 is 0.333 bits per heavy atom. The van der Waals surface area contributed by atoms with Crippen LogP contribution in [-0.4, -0.2) is 19.5 Å². The van der Waals surface area contributed by atoms with Crippen molar-refractivity contribution in [3.63, 3.8) is 0 Å². The molecule has 3 heterocycles. The number of nitrogens with zero attached hydrogens (tertiary/aromatic N) is 4. The highest BCUT2D eigenvalue weighted by atomic mass is 15.0. The molecule has 238 valence electrons. The minimum absolute atomic E-state index is 0.635. The highest BCUT2D eigenvalue weighted by Crippen LogP contribution is 2.51. The van der Waals surface area contributed by atoms with Crippen LogP contribution >= 0.6 is 0 Å². The van der Waals surface area contributed by atoms with Crippen molar-refractivity contribution in [2.75, 3.05) is 0 Å². The molecular weight excluding hydrogens is 621 g/mol. The number of hydrogen-bond acceptors (Lipinski definition) is 3. The van der Waals surface area contributed by atoms with Gasteiger partial charge in [-0.2, -0.15) is 0 Å². The van der Waals surface area contributed by atoms with Crippen LogP contribution in [0.3, 0.4) is 0 Å². The highest BCUT2D eigenvalue weighted by molar-refractivity contribution is 6.13. The van der Waals surface area contributed by atoms with Crippen molar-refractivity contribution in [3.05, 3.63) is 182 Å². The fraction of sp³-hybridized carbons (Fsp3) is 0. The Kier molecular flexibility index (Phi) is 6.78. The molecule has 2 aromatic heterocycles. The first-order chi connectivity index (χ1) is 25.3. The molecule has 0 N–H and O–H groups in total. The third kappa shape index (κ3) is 4.80. The van der Waals surface area contributed by atoms with E-state index in [1.807, 2.05) is 60.7 Å². The van der Waals surface area contributed by atoms with E-state index in [4.69, 9.17) is 15.0 Å². The fourth-order valence-electron chi connectivity index (χ4n) is 7.54. The van der Waals surface area contributed by atoms with Gasteiger partial charge < -0.3 is 4.57 Å². The number of aromatic nitrogens is 4. The second-order valence-corrected chi connectivity index (χ2v) is 12.8. The SMILES string of the molecule is c1ccc(-c2nc(-c3ccccc3)nc(-c3ccc4c(c3)-c3ccccc3-c3cccc5c(-c6ccccc6)c(-c6ccccc6)n-4c35)n2)cc1. The molecule has 0 aliphatic carbocycles. The van der Waals surface area contributed by atoms with Gasteiger partial charge in [0.2, 0.25) is 0 Å². The number of para-hydroxylation sites is 1. The lowest BCUT2D eigenvalue weighted by Gasteiger charge is -2.17. The number of rotatable bonds is 5. The van der Waals surface area contributed by atoms with Crippen molar-refractivity contribution < 1.29 is 0 Å². The second-order valence-electron chi connectivity index (χ2n) is 12.8. The minimum Gasteiger partial charge on any atom is -0.307 e. The highest BCUT2D eigenvalue weighted by Gasteiger charge is 2.29. The standard InChI is InChI=1S/C47H30N4/c1-5-16-31(17-6-1)42-39-27-15-26-38-36-24-13-14-25-37(36)40-30-35(28-29-41(40)51(44(38)39)43(42)32-18-7-2-8-19-32)47-49-45(33-20-9-3-10-21-33)48-46(50-47)34-22-11-4-12-23-34/h1-30H. The van der Waals surface area contributed by atoms with E-state index in [-0.39, 0.29) is 0 Å². The summed E-state index contributed by atoms with van der Waals surface area (Å²) in [6.45, 7) is 0. The average Bonchev–Trinajstić information content (AvgIpc) is 3.51. The van der Waals surface area contributed by atoms with E-state index in [2.05, 4.69) is 126 Å². The van der Waals surface area contributed by atoms with Gasteiger partial charge in [-0.15, -0.1) is 0 Å². The molecular formula is C47H30N4. The second kappa shape index (κ2) is 11.9. The van der Waals surface area contributed by atoms with Crippen molar-refractivity contribution in [1.29, 1.82) is 0 Å². The van der Waals surface area contributed by atoms with Crippen LogP contribution in [0.25, 0.3) is 95.4 Å². The van der Waals surface area contributed by atoms with Gasteiger partial charge in [0.1, 0.15) is 0 Å². The molecule has 51 heavy (non-hydrogen) atoms. The zero-order chi connectivity index (χ0) is 33.7. The largest absolute Gasteiger partial charge is 0.307 e. The lowest BCUT2D eigenvalue weighted by atomic mass is 9.91. The van der Waals surface area contributed by atoms with E-state index in [9.17, 15) is 0 Å². The molecule has 0 saturated heterocycles. The molecule has 0 radical (unpaired) electrons. The van der Waals surface area contributed by atoms with Crippen LogP contribution in [-0.2, 0) is 0 Å². The summed E-state index contributed by atoms with van der Waals surface area (Å²) in [4.78, 5) is 15.1. The molecule has 9 aromatic rings. The fourth-order valence-corrected chi connectivity index (χ4v) is 7.54. The summed E-state index contributed by atoms with van der Waals surface area (Å²) in [6, 6.07) is 64.0. The molecule has 0 atom stereocenters. The first kappa shape index (κ1) is 29.0. The molecule has 1 aliphatic heterocycles. The van der Waals surface area contributed by atoms with Gasteiger partial charge in [0.15, 0.2) is 17.5 Å². The Balaban J connectivity index is 1.28.